The fourth-order valence-corrected chi connectivity index (χ4v) is 2.16. The molecule has 1 aromatic carbocycles. The summed E-state index contributed by atoms with van der Waals surface area (Å²) in [7, 11) is 1.56. The predicted octanol–water partition coefficient (Wildman–Crippen LogP) is 2.61. The molecule has 2 rings (SSSR count). The Morgan fingerprint density at radius 3 is 2.59 bits per heavy atom. The van der Waals surface area contributed by atoms with Crippen LogP contribution in [0.5, 0.6) is 0 Å². The summed E-state index contributed by atoms with van der Waals surface area (Å²) >= 11 is 0. The van der Waals surface area contributed by atoms with Crippen molar-refractivity contribution in [1.82, 2.24) is 5.32 Å². The predicted molar refractivity (Wildman–Crippen MR) is 57.6 cm³/mol. The second-order valence-corrected chi connectivity index (χ2v) is 4.19. The van der Waals surface area contributed by atoms with Gasteiger partial charge in [-0.25, -0.2) is 0 Å². The van der Waals surface area contributed by atoms with Crippen LogP contribution in [-0.4, -0.2) is 20.3 Å². The largest absolute Gasteiger partial charge is 0.416 e. The Morgan fingerprint density at radius 1 is 1.35 bits per heavy atom. The lowest BCUT2D eigenvalue weighted by Crippen LogP contribution is -2.48. The first kappa shape index (κ1) is 12.4. The van der Waals surface area contributed by atoms with E-state index in [4.69, 9.17) is 4.74 Å². The molecule has 1 saturated heterocycles. The normalized spacial score (nSPS) is 24.5. The first-order valence-electron chi connectivity index (χ1n) is 5.42. The number of methoxy groups -OCH3 is 1. The zero-order chi connectivity index (χ0) is 12.5. The number of rotatable bonds is 3. The van der Waals surface area contributed by atoms with Crippen LogP contribution in [0.25, 0.3) is 0 Å². The lowest BCUT2D eigenvalue weighted by Gasteiger charge is -2.39. The third kappa shape index (κ3) is 2.45. The van der Waals surface area contributed by atoms with E-state index in [9.17, 15) is 13.2 Å². The monoisotopic (exact) mass is 245 g/mol. The molecule has 1 fully saturated rings. The van der Waals surface area contributed by atoms with Gasteiger partial charge in [0.15, 0.2) is 0 Å². The number of ether oxygens (including phenoxy) is 1. The third-order valence-corrected chi connectivity index (χ3v) is 3.05. The lowest BCUT2D eigenvalue weighted by atomic mass is 9.84. The van der Waals surface area contributed by atoms with Crippen LogP contribution in [0.1, 0.15) is 17.2 Å². The molecule has 1 heterocycles. The molecule has 0 aliphatic carbocycles. The number of alkyl halides is 3. The van der Waals surface area contributed by atoms with Crippen molar-refractivity contribution >= 4 is 0 Å². The first-order valence-corrected chi connectivity index (χ1v) is 5.42. The molecule has 2 nitrogen and oxygen atoms in total. The van der Waals surface area contributed by atoms with Gasteiger partial charge in [0, 0.05) is 25.6 Å². The van der Waals surface area contributed by atoms with E-state index < -0.39 is 11.7 Å². The zero-order valence-electron chi connectivity index (χ0n) is 9.42. The Balaban J connectivity index is 2.27. The van der Waals surface area contributed by atoms with Crippen LogP contribution in [-0.2, 0) is 10.9 Å². The van der Waals surface area contributed by atoms with Crippen molar-refractivity contribution in [3.8, 4) is 0 Å². The summed E-state index contributed by atoms with van der Waals surface area (Å²) in [6.07, 6.45) is -4.30. The van der Waals surface area contributed by atoms with Crippen molar-refractivity contribution in [3.05, 3.63) is 35.4 Å². The van der Waals surface area contributed by atoms with E-state index in [1.165, 1.54) is 12.1 Å². The van der Waals surface area contributed by atoms with Gasteiger partial charge in [0.25, 0.3) is 0 Å². The average molecular weight is 245 g/mol. The lowest BCUT2D eigenvalue weighted by molar-refractivity contribution is -0.139. The van der Waals surface area contributed by atoms with Crippen molar-refractivity contribution in [2.45, 2.75) is 12.2 Å². The molecular weight excluding hydrogens is 231 g/mol. The molecule has 94 valence electrons. The highest BCUT2D eigenvalue weighted by atomic mass is 19.4. The Kier molecular flexibility index (Phi) is 3.40. The number of benzene rings is 1. The van der Waals surface area contributed by atoms with Gasteiger partial charge in [0.05, 0.1) is 12.2 Å². The second-order valence-electron chi connectivity index (χ2n) is 4.19. The topological polar surface area (TPSA) is 21.3 Å². The van der Waals surface area contributed by atoms with Crippen molar-refractivity contribution in [2.24, 2.45) is 5.92 Å². The molecule has 0 aromatic heterocycles. The van der Waals surface area contributed by atoms with Gasteiger partial charge < -0.3 is 10.1 Å². The second kappa shape index (κ2) is 4.66. The number of nitrogens with one attached hydrogen (secondary N) is 1. The van der Waals surface area contributed by atoms with Crippen LogP contribution >= 0.6 is 0 Å². The minimum Gasteiger partial charge on any atom is -0.384 e. The number of hydrogen-bond acceptors (Lipinski definition) is 2. The average Bonchev–Trinajstić information content (AvgIpc) is 2.24. The van der Waals surface area contributed by atoms with E-state index >= 15 is 0 Å². The molecular formula is C12H14F3NO. The van der Waals surface area contributed by atoms with Crippen molar-refractivity contribution < 1.29 is 17.9 Å². The molecule has 0 spiro atoms. The summed E-state index contributed by atoms with van der Waals surface area (Å²) in [4.78, 5) is 0. The van der Waals surface area contributed by atoms with Crippen LogP contribution in [0.4, 0.5) is 13.2 Å². The van der Waals surface area contributed by atoms with Crippen LogP contribution in [0.2, 0.25) is 0 Å². The van der Waals surface area contributed by atoms with Gasteiger partial charge in [-0.05, 0) is 11.6 Å². The SMILES string of the molecule is COCC1CNC1c1ccccc1C(F)(F)F. The van der Waals surface area contributed by atoms with Gasteiger partial charge in [0.1, 0.15) is 0 Å². The zero-order valence-corrected chi connectivity index (χ0v) is 9.42. The van der Waals surface area contributed by atoms with Gasteiger partial charge in [-0.3, -0.25) is 0 Å². The molecule has 1 aliphatic heterocycles. The van der Waals surface area contributed by atoms with Gasteiger partial charge in [-0.15, -0.1) is 0 Å². The van der Waals surface area contributed by atoms with Gasteiger partial charge in [-0.1, -0.05) is 18.2 Å². The van der Waals surface area contributed by atoms with E-state index in [0.29, 0.717) is 18.7 Å². The molecule has 0 saturated carbocycles. The summed E-state index contributed by atoms with van der Waals surface area (Å²) < 4.78 is 43.5. The van der Waals surface area contributed by atoms with E-state index in [1.807, 2.05) is 0 Å². The number of halogens is 3. The van der Waals surface area contributed by atoms with Gasteiger partial charge in [-0.2, -0.15) is 13.2 Å². The first-order chi connectivity index (χ1) is 8.04. The molecule has 17 heavy (non-hydrogen) atoms. The highest BCUT2D eigenvalue weighted by Gasteiger charge is 2.39. The smallest absolute Gasteiger partial charge is 0.384 e. The highest BCUT2D eigenvalue weighted by molar-refractivity contribution is 5.34. The maximum absolute atomic E-state index is 12.8. The molecule has 0 radical (unpaired) electrons. The molecule has 1 N–H and O–H groups in total. The summed E-state index contributed by atoms with van der Waals surface area (Å²) in [5.74, 6) is 0.114. The molecule has 5 heteroatoms. The Labute approximate surface area is 97.8 Å². The summed E-state index contributed by atoms with van der Waals surface area (Å²) in [5, 5.41) is 3.03. The van der Waals surface area contributed by atoms with Crippen molar-refractivity contribution in [2.75, 3.05) is 20.3 Å². The van der Waals surface area contributed by atoms with E-state index in [0.717, 1.165) is 6.07 Å². The standard InChI is InChI=1S/C12H14F3NO/c1-17-7-8-6-16-11(8)9-4-2-3-5-10(9)12(13,14)15/h2-5,8,11,16H,6-7H2,1H3. The Hall–Kier alpha value is -1.07. The van der Waals surface area contributed by atoms with Crippen molar-refractivity contribution in [3.63, 3.8) is 0 Å². The fraction of sp³-hybridized carbons (Fsp3) is 0.500. The summed E-state index contributed by atoms with van der Waals surface area (Å²) in [5.41, 5.74) is -0.244. The van der Waals surface area contributed by atoms with E-state index in [1.54, 1.807) is 13.2 Å². The maximum Gasteiger partial charge on any atom is 0.416 e. The maximum atomic E-state index is 12.8. The summed E-state index contributed by atoms with van der Waals surface area (Å²) in [6.45, 7) is 1.18. The van der Waals surface area contributed by atoms with Crippen LogP contribution < -0.4 is 5.32 Å². The third-order valence-electron chi connectivity index (χ3n) is 3.05. The van der Waals surface area contributed by atoms with Gasteiger partial charge >= 0.3 is 6.18 Å². The molecule has 2 unspecified atom stereocenters. The highest BCUT2D eigenvalue weighted by Crippen LogP contribution is 2.39. The minimum absolute atomic E-state index is 0.114. The van der Waals surface area contributed by atoms with E-state index in [2.05, 4.69) is 5.32 Å². The van der Waals surface area contributed by atoms with Crippen LogP contribution in [0.15, 0.2) is 24.3 Å². The van der Waals surface area contributed by atoms with Crippen molar-refractivity contribution in [1.29, 1.82) is 0 Å². The fourth-order valence-electron chi connectivity index (χ4n) is 2.16. The van der Waals surface area contributed by atoms with Crippen LogP contribution in [0, 0.1) is 5.92 Å². The molecule has 2 atom stereocenters. The number of hydrogen-bond donors (Lipinski definition) is 1. The Bertz CT molecular complexity index is 392. The minimum atomic E-state index is -4.30. The molecule has 0 amide bonds. The Morgan fingerprint density at radius 2 is 2.06 bits per heavy atom. The molecule has 1 aromatic rings. The van der Waals surface area contributed by atoms with Gasteiger partial charge in [0.2, 0.25) is 0 Å². The van der Waals surface area contributed by atoms with E-state index in [-0.39, 0.29) is 12.0 Å². The summed E-state index contributed by atoms with van der Waals surface area (Å²) in [6, 6.07) is 5.44. The van der Waals surface area contributed by atoms with Crippen LogP contribution in [0.3, 0.4) is 0 Å². The molecule has 0 bridgehead atoms. The quantitative estimate of drug-likeness (QED) is 0.883. The molecule has 1 aliphatic rings.